The van der Waals surface area contributed by atoms with Crippen LogP contribution in [-0.2, 0) is 9.53 Å². The van der Waals surface area contributed by atoms with Crippen LogP contribution in [0.1, 0.15) is 28.8 Å². The predicted molar refractivity (Wildman–Crippen MR) is 134 cm³/mol. The van der Waals surface area contributed by atoms with Crippen LogP contribution < -0.4 is 10.2 Å². The average Bonchev–Trinajstić information content (AvgIpc) is 3.49. The number of amides is 2. The van der Waals surface area contributed by atoms with Crippen LogP contribution in [0.4, 0.5) is 14.9 Å². The zero-order valence-electron chi connectivity index (χ0n) is 20.1. The summed E-state index contributed by atoms with van der Waals surface area (Å²) in [6.07, 6.45) is -1.13. The lowest BCUT2D eigenvalue weighted by molar-refractivity contribution is -0.121. The van der Waals surface area contributed by atoms with Crippen LogP contribution in [-0.4, -0.2) is 52.0 Å². The molecular weight excluding hydrogens is 477 g/mol. The van der Waals surface area contributed by atoms with Gasteiger partial charge in [0.05, 0.1) is 24.3 Å². The first kappa shape index (κ1) is 24.1. The first-order chi connectivity index (χ1) is 17.9. The van der Waals surface area contributed by atoms with E-state index in [0.717, 1.165) is 5.56 Å². The average molecular weight is 502 g/mol. The molecule has 1 N–H and O–H groups in total. The van der Waals surface area contributed by atoms with Crippen LogP contribution >= 0.6 is 0 Å². The maximum atomic E-state index is 15.0. The SMILES string of the molecule is Cc1ccc(C(=O)CCC(=O)NC[C@H]2CN(c3ccc(-n4nnc5ccccc54)c(F)c3)C(=O)O2)cc1. The van der Waals surface area contributed by atoms with Crippen LogP contribution in [0.25, 0.3) is 16.7 Å². The molecule has 1 aromatic heterocycles. The molecule has 1 fully saturated rings. The summed E-state index contributed by atoms with van der Waals surface area (Å²) in [6.45, 7) is 2.17. The van der Waals surface area contributed by atoms with Gasteiger partial charge in [-0.05, 0) is 37.3 Å². The van der Waals surface area contributed by atoms with Crippen molar-refractivity contribution in [2.45, 2.75) is 25.9 Å². The predicted octanol–water partition coefficient (Wildman–Crippen LogP) is 3.97. The van der Waals surface area contributed by atoms with Gasteiger partial charge in [-0.25, -0.2) is 13.9 Å². The highest BCUT2D eigenvalue weighted by Gasteiger charge is 2.33. The fraction of sp³-hybridized carbons (Fsp3) is 0.222. The van der Waals surface area contributed by atoms with Crippen molar-refractivity contribution in [1.82, 2.24) is 20.3 Å². The number of nitrogens with zero attached hydrogens (tertiary/aromatic N) is 4. The van der Waals surface area contributed by atoms with E-state index < -0.39 is 18.0 Å². The fourth-order valence-corrected chi connectivity index (χ4v) is 4.15. The van der Waals surface area contributed by atoms with Crippen LogP contribution in [0, 0.1) is 12.7 Å². The van der Waals surface area contributed by atoms with Crippen LogP contribution in [0.15, 0.2) is 66.7 Å². The van der Waals surface area contributed by atoms with Crippen molar-refractivity contribution in [2.24, 2.45) is 0 Å². The summed E-state index contributed by atoms with van der Waals surface area (Å²) in [6, 6.07) is 18.8. The minimum Gasteiger partial charge on any atom is -0.442 e. The topological polar surface area (TPSA) is 106 Å². The van der Waals surface area contributed by atoms with E-state index in [1.807, 2.05) is 31.2 Å². The van der Waals surface area contributed by atoms with Crippen molar-refractivity contribution in [2.75, 3.05) is 18.0 Å². The molecule has 1 aliphatic heterocycles. The van der Waals surface area contributed by atoms with Crippen molar-refractivity contribution < 1.29 is 23.5 Å². The maximum Gasteiger partial charge on any atom is 0.414 e. The van der Waals surface area contributed by atoms with Crippen LogP contribution in [0.3, 0.4) is 0 Å². The number of Topliss-reactive ketones (excluding diaryl/α,β-unsaturated/α-hetero) is 1. The second-order valence-corrected chi connectivity index (χ2v) is 8.84. The molecule has 0 unspecified atom stereocenters. The van der Waals surface area contributed by atoms with Gasteiger partial charge in [0.2, 0.25) is 5.91 Å². The first-order valence-corrected chi connectivity index (χ1v) is 11.8. The maximum absolute atomic E-state index is 15.0. The number of cyclic esters (lactones) is 1. The summed E-state index contributed by atoms with van der Waals surface area (Å²) >= 11 is 0. The number of aryl methyl sites for hydroxylation is 1. The number of rotatable bonds is 8. The summed E-state index contributed by atoms with van der Waals surface area (Å²) in [7, 11) is 0. The number of halogens is 1. The number of carbonyl (C=O) groups is 3. The van der Waals surface area contributed by atoms with E-state index in [1.165, 1.54) is 21.7 Å². The van der Waals surface area contributed by atoms with E-state index in [4.69, 9.17) is 4.74 Å². The van der Waals surface area contributed by atoms with Gasteiger partial charge in [-0.1, -0.05) is 47.2 Å². The molecule has 1 saturated heterocycles. The number of fused-ring (bicyclic) bond motifs is 1. The summed E-state index contributed by atoms with van der Waals surface area (Å²) in [5, 5.41) is 10.8. The van der Waals surface area contributed by atoms with Crippen molar-refractivity contribution >= 4 is 34.5 Å². The second kappa shape index (κ2) is 10.2. The molecule has 2 amide bonds. The number of anilines is 1. The molecule has 10 heteroatoms. The van der Waals surface area contributed by atoms with E-state index in [1.54, 1.807) is 30.3 Å². The molecule has 1 aliphatic rings. The van der Waals surface area contributed by atoms with E-state index in [9.17, 15) is 14.4 Å². The lowest BCUT2D eigenvalue weighted by Gasteiger charge is -2.14. The normalized spacial score (nSPS) is 15.1. The molecule has 1 atom stereocenters. The Hall–Kier alpha value is -4.60. The highest BCUT2D eigenvalue weighted by Crippen LogP contribution is 2.26. The van der Waals surface area contributed by atoms with Crippen molar-refractivity contribution in [3.8, 4) is 5.69 Å². The second-order valence-electron chi connectivity index (χ2n) is 8.84. The quantitative estimate of drug-likeness (QED) is 0.366. The first-order valence-electron chi connectivity index (χ1n) is 11.8. The highest BCUT2D eigenvalue weighted by atomic mass is 19.1. The summed E-state index contributed by atoms with van der Waals surface area (Å²) in [4.78, 5) is 38.2. The van der Waals surface area contributed by atoms with E-state index in [2.05, 4.69) is 15.6 Å². The Balaban J connectivity index is 1.16. The Labute approximate surface area is 211 Å². The van der Waals surface area contributed by atoms with Gasteiger partial charge in [-0.2, -0.15) is 0 Å². The molecule has 3 aromatic carbocycles. The largest absolute Gasteiger partial charge is 0.442 e. The fourth-order valence-electron chi connectivity index (χ4n) is 4.15. The Kier molecular flexibility index (Phi) is 6.63. The molecule has 0 radical (unpaired) electrons. The number of hydrogen-bond acceptors (Lipinski definition) is 6. The third-order valence-electron chi connectivity index (χ3n) is 6.18. The summed E-state index contributed by atoms with van der Waals surface area (Å²) in [5.74, 6) is -1.00. The van der Waals surface area contributed by atoms with Crippen molar-refractivity contribution in [3.63, 3.8) is 0 Å². The number of aromatic nitrogens is 3. The number of nitrogens with one attached hydrogen (secondary N) is 1. The Bertz CT molecular complexity index is 1480. The molecular formula is C27H24FN5O4. The lowest BCUT2D eigenvalue weighted by atomic mass is 10.0. The molecule has 0 saturated carbocycles. The van der Waals surface area contributed by atoms with Crippen LogP contribution in [0.2, 0.25) is 0 Å². The Morgan fingerprint density at radius 1 is 1.08 bits per heavy atom. The molecule has 4 aromatic rings. The number of para-hydroxylation sites is 1. The summed E-state index contributed by atoms with van der Waals surface area (Å²) in [5.41, 5.74) is 3.44. The van der Waals surface area contributed by atoms with Gasteiger partial charge < -0.3 is 10.1 Å². The van der Waals surface area contributed by atoms with E-state index >= 15 is 4.39 Å². The minimum atomic E-state index is -0.632. The number of ether oxygens (including phenoxy) is 1. The number of carbonyl (C=O) groups excluding carboxylic acids is 3. The zero-order chi connectivity index (χ0) is 25.9. The third kappa shape index (κ3) is 5.18. The molecule has 9 nitrogen and oxygen atoms in total. The van der Waals surface area contributed by atoms with Gasteiger partial charge in [0, 0.05) is 18.4 Å². The van der Waals surface area contributed by atoms with Crippen LogP contribution in [0.5, 0.6) is 0 Å². The molecule has 188 valence electrons. The number of benzene rings is 3. The van der Waals surface area contributed by atoms with Gasteiger partial charge in [0.25, 0.3) is 0 Å². The molecule has 2 heterocycles. The smallest absolute Gasteiger partial charge is 0.414 e. The Morgan fingerprint density at radius 2 is 1.86 bits per heavy atom. The molecule has 37 heavy (non-hydrogen) atoms. The van der Waals surface area contributed by atoms with E-state index in [-0.39, 0.29) is 43.3 Å². The number of ketones is 1. The Morgan fingerprint density at radius 3 is 2.65 bits per heavy atom. The highest BCUT2D eigenvalue weighted by molar-refractivity contribution is 5.98. The zero-order valence-corrected chi connectivity index (χ0v) is 20.1. The van der Waals surface area contributed by atoms with Gasteiger partial charge >= 0.3 is 6.09 Å². The van der Waals surface area contributed by atoms with Gasteiger partial charge in [-0.3, -0.25) is 14.5 Å². The van der Waals surface area contributed by atoms with Gasteiger partial charge in [-0.15, -0.1) is 5.10 Å². The van der Waals surface area contributed by atoms with Gasteiger partial charge in [0.1, 0.15) is 17.3 Å². The van der Waals surface area contributed by atoms with E-state index in [0.29, 0.717) is 22.3 Å². The lowest BCUT2D eigenvalue weighted by Crippen LogP contribution is -2.34. The molecule has 0 aliphatic carbocycles. The van der Waals surface area contributed by atoms with Gasteiger partial charge in [0.15, 0.2) is 11.6 Å². The summed E-state index contributed by atoms with van der Waals surface area (Å²) < 4.78 is 21.8. The monoisotopic (exact) mass is 501 g/mol. The molecule has 5 rings (SSSR count). The molecule has 0 spiro atoms. The van der Waals surface area contributed by atoms with Crippen molar-refractivity contribution in [1.29, 1.82) is 0 Å². The van der Waals surface area contributed by atoms with Crippen molar-refractivity contribution in [3.05, 3.63) is 83.7 Å². The molecule has 0 bridgehead atoms. The number of hydrogen-bond donors (Lipinski definition) is 1. The third-order valence-corrected chi connectivity index (χ3v) is 6.18. The standard InChI is InChI=1S/C27H24FN5O4/c1-17-6-8-18(9-7-17)25(34)12-13-26(35)29-15-20-16-32(27(36)37-20)19-10-11-23(21(28)14-19)33-24-5-3-2-4-22(24)30-31-33/h2-11,14,20H,12-13,15-16H2,1H3,(H,29,35)/t20-/m0/s1. The minimum absolute atomic E-state index is 0.0285.